The summed E-state index contributed by atoms with van der Waals surface area (Å²) >= 11 is 0. The van der Waals surface area contributed by atoms with Gasteiger partial charge in [-0.3, -0.25) is 5.41 Å². The average molecular weight is 166 g/mol. The van der Waals surface area contributed by atoms with Crippen LogP contribution < -0.4 is 0 Å². The van der Waals surface area contributed by atoms with Crippen LogP contribution >= 0.6 is 0 Å². The number of rotatable bonds is 1. The zero-order chi connectivity index (χ0) is 8.55. The highest BCUT2D eigenvalue weighted by atomic mass is 15.2. The van der Waals surface area contributed by atoms with Crippen LogP contribution in [0.3, 0.4) is 0 Å². The molecule has 0 spiro atoms. The Morgan fingerprint density at radius 1 is 1.25 bits per heavy atom. The molecular weight excluding hydrogens is 148 g/mol. The van der Waals surface area contributed by atoms with E-state index in [2.05, 4.69) is 11.8 Å². The minimum absolute atomic E-state index is 0.609. The summed E-state index contributed by atoms with van der Waals surface area (Å²) in [5, 5.41) is 7.96. The predicted molar refractivity (Wildman–Crippen MR) is 50.4 cm³/mol. The van der Waals surface area contributed by atoms with Gasteiger partial charge in [0.15, 0.2) is 0 Å². The Morgan fingerprint density at radius 2 is 1.83 bits per heavy atom. The van der Waals surface area contributed by atoms with E-state index in [0.717, 1.165) is 24.8 Å². The second kappa shape index (κ2) is 3.08. The van der Waals surface area contributed by atoms with Gasteiger partial charge in [-0.1, -0.05) is 19.8 Å². The maximum Gasteiger partial charge on any atom is 0.0989 e. The molecule has 0 aromatic carbocycles. The minimum atomic E-state index is 0.609. The second-order valence-electron chi connectivity index (χ2n) is 4.38. The first-order chi connectivity index (χ1) is 5.77. The van der Waals surface area contributed by atoms with Crippen LogP contribution in [0.25, 0.3) is 0 Å². The molecule has 12 heavy (non-hydrogen) atoms. The highest BCUT2D eigenvalue weighted by Crippen LogP contribution is 2.29. The Morgan fingerprint density at radius 3 is 2.33 bits per heavy atom. The fourth-order valence-corrected chi connectivity index (χ4v) is 2.35. The first-order valence-electron chi connectivity index (χ1n) is 5.11. The highest BCUT2D eigenvalue weighted by Gasteiger charge is 2.30. The lowest BCUT2D eigenvalue weighted by atomic mass is 9.98. The van der Waals surface area contributed by atoms with Crippen molar-refractivity contribution in [2.75, 3.05) is 13.1 Å². The molecule has 2 fully saturated rings. The van der Waals surface area contributed by atoms with E-state index in [-0.39, 0.29) is 0 Å². The van der Waals surface area contributed by atoms with Crippen molar-refractivity contribution in [3.63, 3.8) is 0 Å². The van der Waals surface area contributed by atoms with Crippen molar-refractivity contribution in [3.05, 3.63) is 0 Å². The molecule has 0 bridgehead atoms. The quantitative estimate of drug-likeness (QED) is 0.469. The van der Waals surface area contributed by atoms with Gasteiger partial charge in [-0.25, -0.2) is 0 Å². The third-order valence-electron chi connectivity index (χ3n) is 3.15. The van der Waals surface area contributed by atoms with Crippen molar-refractivity contribution < 1.29 is 0 Å². The van der Waals surface area contributed by atoms with Crippen LogP contribution in [0.5, 0.6) is 0 Å². The minimum Gasteiger partial charge on any atom is -0.360 e. The standard InChI is InChI=1S/C10H18N2/c1-8-6-12(7-8)10(11)9-4-2-3-5-9/h8-9,11H,2-7H2,1H3. The van der Waals surface area contributed by atoms with Gasteiger partial charge in [-0.05, 0) is 18.8 Å². The molecule has 0 unspecified atom stereocenters. The molecule has 1 aliphatic heterocycles. The summed E-state index contributed by atoms with van der Waals surface area (Å²) in [7, 11) is 0. The number of amidine groups is 1. The maximum absolute atomic E-state index is 7.96. The average Bonchev–Trinajstić information content (AvgIpc) is 2.49. The van der Waals surface area contributed by atoms with E-state index >= 15 is 0 Å². The summed E-state index contributed by atoms with van der Waals surface area (Å²) in [6.45, 7) is 4.53. The van der Waals surface area contributed by atoms with Gasteiger partial charge in [-0.15, -0.1) is 0 Å². The van der Waals surface area contributed by atoms with Gasteiger partial charge < -0.3 is 4.90 Å². The van der Waals surface area contributed by atoms with Crippen LogP contribution in [0.4, 0.5) is 0 Å². The molecule has 1 saturated carbocycles. The van der Waals surface area contributed by atoms with Crippen LogP contribution in [0, 0.1) is 17.2 Å². The highest BCUT2D eigenvalue weighted by molar-refractivity contribution is 5.82. The van der Waals surface area contributed by atoms with Gasteiger partial charge >= 0.3 is 0 Å². The van der Waals surface area contributed by atoms with Gasteiger partial charge in [0.05, 0.1) is 5.84 Å². The van der Waals surface area contributed by atoms with Crippen molar-refractivity contribution in [3.8, 4) is 0 Å². The zero-order valence-electron chi connectivity index (χ0n) is 7.84. The zero-order valence-corrected chi connectivity index (χ0v) is 7.84. The number of nitrogens with one attached hydrogen (secondary N) is 1. The van der Waals surface area contributed by atoms with Gasteiger partial charge in [0.25, 0.3) is 0 Å². The predicted octanol–water partition coefficient (Wildman–Crippen LogP) is 2.11. The molecule has 68 valence electrons. The molecule has 2 nitrogen and oxygen atoms in total. The van der Waals surface area contributed by atoms with E-state index in [1.165, 1.54) is 25.7 Å². The molecule has 1 saturated heterocycles. The molecule has 0 atom stereocenters. The molecule has 1 N–H and O–H groups in total. The number of hydrogen-bond acceptors (Lipinski definition) is 1. The Balaban J connectivity index is 1.83. The topological polar surface area (TPSA) is 27.1 Å². The third kappa shape index (κ3) is 1.35. The van der Waals surface area contributed by atoms with E-state index in [9.17, 15) is 0 Å². The fourth-order valence-electron chi connectivity index (χ4n) is 2.35. The van der Waals surface area contributed by atoms with Gasteiger partial charge in [0.2, 0.25) is 0 Å². The molecule has 1 heterocycles. The molecule has 2 rings (SSSR count). The van der Waals surface area contributed by atoms with Crippen molar-refractivity contribution in [1.82, 2.24) is 4.90 Å². The summed E-state index contributed by atoms with van der Waals surface area (Å²) < 4.78 is 0. The fraction of sp³-hybridized carbons (Fsp3) is 0.900. The summed E-state index contributed by atoms with van der Waals surface area (Å²) in [4.78, 5) is 2.25. The lowest BCUT2D eigenvalue weighted by molar-refractivity contribution is 0.194. The second-order valence-corrected chi connectivity index (χ2v) is 4.38. The first kappa shape index (κ1) is 8.09. The molecule has 0 aromatic rings. The van der Waals surface area contributed by atoms with Crippen molar-refractivity contribution in [2.45, 2.75) is 32.6 Å². The Bertz CT molecular complexity index is 176. The lowest BCUT2D eigenvalue weighted by Gasteiger charge is -2.40. The maximum atomic E-state index is 7.96. The normalized spacial score (nSPS) is 25.9. The van der Waals surface area contributed by atoms with Gasteiger partial charge in [0, 0.05) is 19.0 Å². The Labute approximate surface area is 74.5 Å². The monoisotopic (exact) mass is 166 g/mol. The number of likely N-dealkylation sites (tertiary alicyclic amines) is 1. The Hall–Kier alpha value is -0.530. The van der Waals surface area contributed by atoms with E-state index in [0.29, 0.717) is 5.92 Å². The van der Waals surface area contributed by atoms with Crippen molar-refractivity contribution in [2.24, 2.45) is 11.8 Å². The molecule has 0 radical (unpaired) electrons. The molecule has 2 heteroatoms. The molecular formula is C10H18N2. The SMILES string of the molecule is CC1CN(C(=N)C2CCCC2)C1. The molecule has 0 aromatic heterocycles. The van der Waals surface area contributed by atoms with Crippen LogP contribution in [0.2, 0.25) is 0 Å². The van der Waals surface area contributed by atoms with Crippen molar-refractivity contribution in [1.29, 1.82) is 5.41 Å². The van der Waals surface area contributed by atoms with Gasteiger partial charge in [0.1, 0.15) is 0 Å². The van der Waals surface area contributed by atoms with Crippen LogP contribution in [-0.4, -0.2) is 23.8 Å². The summed E-state index contributed by atoms with van der Waals surface area (Å²) in [5.74, 6) is 2.37. The van der Waals surface area contributed by atoms with E-state index < -0.39 is 0 Å². The van der Waals surface area contributed by atoms with Crippen LogP contribution in [-0.2, 0) is 0 Å². The van der Waals surface area contributed by atoms with Crippen molar-refractivity contribution >= 4 is 5.84 Å². The first-order valence-corrected chi connectivity index (χ1v) is 5.11. The van der Waals surface area contributed by atoms with Crippen LogP contribution in [0.1, 0.15) is 32.6 Å². The molecule has 2 aliphatic rings. The van der Waals surface area contributed by atoms with E-state index in [1.54, 1.807) is 0 Å². The van der Waals surface area contributed by atoms with Gasteiger partial charge in [-0.2, -0.15) is 0 Å². The summed E-state index contributed by atoms with van der Waals surface area (Å²) in [5.41, 5.74) is 0. The summed E-state index contributed by atoms with van der Waals surface area (Å²) in [6.07, 6.45) is 5.22. The van der Waals surface area contributed by atoms with E-state index in [1.807, 2.05) is 0 Å². The molecule has 0 amide bonds. The summed E-state index contributed by atoms with van der Waals surface area (Å²) in [6, 6.07) is 0. The van der Waals surface area contributed by atoms with Crippen LogP contribution in [0.15, 0.2) is 0 Å². The number of nitrogens with zero attached hydrogens (tertiary/aromatic N) is 1. The Kier molecular flexibility index (Phi) is 2.07. The largest absolute Gasteiger partial charge is 0.360 e. The smallest absolute Gasteiger partial charge is 0.0989 e. The third-order valence-corrected chi connectivity index (χ3v) is 3.15. The number of hydrogen-bond donors (Lipinski definition) is 1. The molecule has 1 aliphatic carbocycles. The lowest BCUT2D eigenvalue weighted by Crippen LogP contribution is -2.50. The van der Waals surface area contributed by atoms with E-state index in [4.69, 9.17) is 5.41 Å².